The summed E-state index contributed by atoms with van der Waals surface area (Å²) in [7, 11) is 0. The van der Waals surface area contributed by atoms with Gasteiger partial charge in [0.25, 0.3) is 0 Å². The molecule has 14 aromatic rings. The Labute approximate surface area is 452 Å². The molecule has 0 atom stereocenters. The molecular weight excluding hydrogens is 947 g/mol. The third-order valence-corrected chi connectivity index (χ3v) is 17.4. The van der Waals surface area contributed by atoms with Crippen LogP contribution in [0.15, 0.2) is 297 Å². The zero-order valence-electron chi connectivity index (χ0n) is 42.1. The van der Waals surface area contributed by atoms with E-state index in [0.29, 0.717) is 0 Å². The number of benzene rings is 13. The lowest BCUT2D eigenvalue weighted by Gasteiger charge is -2.34. The highest BCUT2D eigenvalue weighted by Crippen LogP contribution is 2.57. The average molecular weight is 996 g/mol. The molecule has 0 aliphatic heterocycles. The topological polar surface area (TPSA) is 3.24 Å². The van der Waals surface area contributed by atoms with Crippen LogP contribution in [0.4, 0.5) is 17.1 Å². The maximum atomic E-state index is 2.49. The van der Waals surface area contributed by atoms with Crippen LogP contribution in [0, 0.1) is 0 Å². The summed E-state index contributed by atoms with van der Waals surface area (Å²) in [6.45, 7) is 0. The number of hydrogen-bond donors (Lipinski definition) is 0. The van der Waals surface area contributed by atoms with E-state index in [1.807, 2.05) is 11.3 Å². The van der Waals surface area contributed by atoms with Crippen molar-refractivity contribution >= 4 is 70.1 Å². The largest absolute Gasteiger partial charge is 0.310 e. The summed E-state index contributed by atoms with van der Waals surface area (Å²) in [6, 6.07) is 110. The molecular formula is C75H49NS. The quantitative estimate of drug-likeness (QED) is 0.139. The molecule has 0 bridgehead atoms. The number of rotatable bonds is 9. The van der Waals surface area contributed by atoms with Crippen LogP contribution < -0.4 is 4.90 Å². The Morgan fingerprint density at radius 1 is 0.286 bits per heavy atom. The van der Waals surface area contributed by atoms with Crippen LogP contribution in [-0.2, 0) is 5.41 Å². The summed E-state index contributed by atoms with van der Waals surface area (Å²) in [5, 5.41) is 7.51. The fourth-order valence-electron chi connectivity index (χ4n) is 12.6. The van der Waals surface area contributed by atoms with Gasteiger partial charge >= 0.3 is 0 Å². The highest BCUT2D eigenvalue weighted by molar-refractivity contribution is 7.26. The second kappa shape index (κ2) is 18.4. The Morgan fingerprint density at radius 3 is 1.60 bits per heavy atom. The third kappa shape index (κ3) is 7.36. The minimum Gasteiger partial charge on any atom is -0.310 e. The molecule has 0 radical (unpaired) electrons. The zero-order valence-corrected chi connectivity index (χ0v) is 43.0. The average Bonchev–Trinajstić information content (AvgIpc) is 4.23. The Kier molecular flexibility index (Phi) is 10.7. The van der Waals surface area contributed by atoms with Crippen molar-refractivity contribution < 1.29 is 0 Å². The van der Waals surface area contributed by atoms with Gasteiger partial charge in [-0.2, -0.15) is 0 Å². The van der Waals surface area contributed by atoms with E-state index in [4.69, 9.17) is 0 Å². The molecule has 13 aromatic carbocycles. The Bertz CT molecular complexity index is 4510. The Balaban J connectivity index is 0.898. The molecule has 1 aliphatic rings. The lowest BCUT2D eigenvalue weighted by atomic mass is 9.67. The van der Waals surface area contributed by atoms with Gasteiger partial charge in [-0.15, -0.1) is 11.3 Å². The van der Waals surface area contributed by atoms with Crippen molar-refractivity contribution in [2.24, 2.45) is 0 Å². The fourth-order valence-corrected chi connectivity index (χ4v) is 13.8. The molecule has 0 saturated carbocycles. The molecule has 1 nitrogen and oxygen atoms in total. The molecule has 1 aliphatic carbocycles. The lowest BCUT2D eigenvalue weighted by Crippen LogP contribution is -2.28. The molecule has 0 fully saturated rings. The molecule has 0 N–H and O–H groups in total. The number of thiophene rings is 1. The second-order valence-corrected chi connectivity index (χ2v) is 21.4. The molecule has 15 rings (SSSR count). The van der Waals surface area contributed by atoms with Gasteiger partial charge in [0.2, 0.25) is 0 Å². The maximum absolute atomic E-state index is 2.49. The van der Waals surface area contributed by atoms with Crippen molar-refractivity contribution in [3.8, 4) is 55.6 Å². The van der Waals surface area contributed by atoms with Crippen LogP contribution in [-0.4, -0.2) is 0 Å². The summed E-state index contributed by atoms with van der Waals surface area (Å²) < 4.78 is 2.55. The van der Waals surface area contributed by atoms with E-state index >= 15 is 0 Å². The second-order valence-electron chi connectivity index (χ2n) is 20.3. The number of anilines is 3. The van der Waals surface area contributed by atoms with Crippen molar-refractivity contribution in [1.29, 1.82) is 0 Å². The van der Waals surface area contributed by atoms with Crippen LogP contribution >= 0.6 is 11.3 Å². The van der Waals surface area contributed by atoms with E-state index < -0.39 is 5.41 Å². The van der Waals surface area contributed by atoms with Gasteiger partial charge in [-0.3, -0.25) is 0 Å². The molecule has 1 aromatic heterocycles. The monoisotopic (exact) mass is 995 g/mol. The van der Waals surface area contributed by atoms with Crippen LogP contribution in [0.1, 0.15) is 22.3 Å². The maximum Gasteiger partial charge on any atom is 0.0713 e. The molecule has 77 heavy (non-hydrogen) atoms. The van der Waals surface area contributed by atoms with Crippen molar-refractivity contribution in [3.63, 3.8) is 0 Å². The molecule has 0 spiro atoms. The Morgan fingerprint density at radius 2 is 0.818 bits per heavy atom. The number of fused-ring (bicyclic) bond motifs is 8. The molecule has 0 amide bonds. The van der Waals surface area contributed by atoms with Crippen molar-refractivity contribution in [2.75, 3.05) is 4.90 Å². The van der Waals surface area contributed by atoms with Gasteiger partial charge in [-0.05, 0) is 142 Å². The van der Waals surface area contributed by atoms with E-state index in [9.17, 15) is 0 Å². The summed E-state index contributed by atoms with van der Waals surface area (Å²) in [6.07, 6.45) is 0. The van der Waals surface area contributed by atoms with Gasteiger partial charge < -0.3 is 4.90 Å². The standard InChI is InChI=1S/C75H49NS/c1-3-22-59(23-4-1)75(60-24-5-2-6-25-60)69-31-13-11-28-65(69)66-44-41-58(49-70(66)75)56-21-15-26-62(48-56)76(61-42-39-52(40-43-61)51-33-35-53(36-34-51)57-38-37-50-17-7-8-19-55(50)47-57)71-46-45-67(64-30-16-20-54-18-9-10-27-63(54)64)74-73(71)68-29-12-14-32-72(68)77-74/h1-49H. The zero-order chi connectivity index (χ0) is 50.9. The smallest absolute Gasteiger partial charge is 0.0713 e. The molecule has 0 saturated heterocycles. The fraction of sp³-hybridized carbons (Fsp3) is 0.0133. The highest BCUT2D eigenvalue weighted by Gasteiger charge is 2.46. The van der Waals surface area contributed by atoms with Gasteiger partial charge in [0, 0.05) is 37.1 Å². The Hall–Kier alpha value is -9.60. The summed E-state index contributed by atoms with van der Waals surface area (Å²) >= 11 is 1.89. The van der Waals surface area contributed by atoms with Crippen molar-refractivity contribution in [3.05, 3.63) is 320 Å². The molecule has 0 unspecified atom stereocenters. The van der Waals surface area contributed by atoms with Gasteiger partial charge in [0.15, 0.2) is 0 Å². The summed E-state index contributed by atoms with van der Waals surface area (Å²) in [4.78, 5) is 2.49. The van der Waals surface area contributed by atoms with Gasteiger partial charge in [0.05, 0.1) is 11.1 Å². The molecule has 2 heteroatoms. The lowest BCUT2D eigenvalue weighted by molar-refractivity contribution is 0.769. The summed E-state index contributed by atoms with van der Waals surface area (Å²) in [5.41, 5.74) is 20.1. The third-order valence-electron chi connectivity index (χ3n) is 16.1. The van der Waals surface area contributed by atoms with E-state index in [1.165, 1.54) is 114 Å². The molecule has 1 heterocycles. The SMILES string of the molecule is c1ccc(C2(c3ccccc3)c3ccccc3-c3ccc(-c4cccc(N(c5ccc(-c6ccc(-c7ccc8ccccc8c7)cc6)cc5)c5ccc(-c6cccc7ccccc67)c6sc7ccccc7c56)c4)cc32)cc1. The van der Waals surface area contributed by atoms with Gasteiger partial charge in [-0.25, -0.2) is 0 Å². The van der Waals surface area contributed by atoms with E-state index in [2.05, 4.69) is 302 Å². The number of nitrogens with zero attached hydrogens (tertiary/aromatic N) is 1. The van der Waals surface area contributed by atoms with E-state index in [-0.39, 0.29) is 0 Å². The first-order valence-corrected chi connectivity index (χ1v) is 27.4. The normalized spacial score (nSPS) is 12.5. The highest BCUT2D eigenvalue weighted by atomic mass is 32.1. The van der Waals surface area contributed by atoms with Gasteiger partial charge in [0.1, 0.15) is 0 Å². The van der Waals surface area contributed by atoms with Crippen molar-refractivity contribution in [2.45, 2.75) is 5.41 Å². The summed E-state index contributed by atoms with van der Waals surface area (Å²) in [5.74, 6) is 0. The first-order chi connectivity index (χ1) is 38.2. The van der Waals surface area contributed by atoms with E-state index in [0.717, 1.165) is 22.6 Å². The number of hydrogen-bond acceptors (Lipinski definition) is 2. The van der Waals surface area contributed by atoms with Crippen LogP contribution in [0.2, 0.25) is 0 Å². The minimum atomic E-state index is -0.496. The minimum absolute atomic E-state index is 0.496. The predicted molar refractivity (Wildman–Crippen MR) is 328 cm³/mol. The van der Waals surface area contributed by atoms with Crippen LogP contribution in [0.3, 0.4) is 0 Å². The van der Waals surface area contributed by atoms with Gasteiger partial charge in [-0.1, -0.05) is 249 Å². The first kappa shape index (κ1) is 44.8. The van der Waals surface area contributed by atoms with Crippen molar-refractivity contribution in [1.82, 2.24) is 0 Å². The predicted octanol–water partition coefficient (Wildman–Crippen LogP) is 20.9. The first-order valence-electron chi connectivity index (χ1n) is 26.6. The van der Waals surface area contributed by atoms with E-state index in [1.54, 1.807) is 0 Å². The van der Waals surface area contributed by atoms with Crippen LogP contribution in [0.5, 0.6) is 0 Å². The van der Waals surface area contributed by atoms with Crippen LogP contribution in [0.25, 0.3) is 97.4 Å². The molecule has 360 valence electrons.